The number of benzene rings is 2. The third kappa shape index (κ3) is 2.44. The molecule has 2 aromatic rings. The van der Waals surface area contributed by atoms with Gasteiger partial charge in [-0.25, -0.2) is 0 Å². The van der Waals surface area contributed by atoms with Gasteiger partial charge in [-0.1, -0.05) is 12.1 Å². The van der Waals surface area contributed by atoms with Crippen molar-refractivity contribution < 1.29 is 10.2 Å². The normalized spacial score (nSPS) is 16.6. The predicted octanol–water partition coefficient (Wildman–Crippen LogP) is 3.55. The Hall–Kier alpha value is -2.49. The number of phenolic OH excluding ortho intramolecular Hbond substituents is 2. The molecule has 0 aliphatic carbocycles. The monoisotopic (exact) mass is 308 g/mol. The van der Waals surface area contributed by atoms with E-state index in [2.05, 4.69) is 16.0 Å². The molecule has 4 nitrogen and oxygen atoms in total. The lowest BCUT2D eigenvalue weighted by Crippen LogP contribution is -2.34. The first-order valence-corrected chi connectivity index (χ1v) is 8.19. The van der Waals surface area contributed by atoms with E-state index < -0.39 is 0 Å². The first kappa shape index (κ1) is 14.1. The van der Waals surface area contributed by atoms with Gasteiger partial charge in [0.2, 0.25) is 0 Å². The molecule has 4 heteroatoms. The van der Waals surface area contributed by atoms with Gasteiger partial charge < -0.3 is 15.1 Å². The summed E-state index contributed by atoms with van der Waals surface area (Å²) in [5.41, 5.74) is 4.88. The molecular formula is C19H20N2O2. The first-order valence-electron chi connectivity index (χ1n) is 8.19. The van der Waals surface area contributed by atoms with Gasteiger partial charge in [0.15, 0.2) is 0 Å². The second-order valence-electron chi connectivity index (χ2n) is 6.24. The highest BCUT2D eigenvalue weighted by atomic mass is 16.3. The molecule has 0 radical (unpaired) electrons. The van der Waals surface area contributed by atoms with Crippen molar-refractivity contribution in [2.45, 2.75) is 25.7 Å². The Kier molecular flexibility index (Phi) is 3.45. The minimum absolute atomic E-state index is 0.147. The lowest BCUT2D eigenvalue weighted by Gasteiger charge is -2.37. The predicted molar refractivity (Wildman–Crippen MR) is 92.3 cm³/mol. The van der Waals surface area contributed by atoms with Crippen LogP contribution in [-0.4, -0.2) is 29.5 Å². The number of hydrogen-bond donors (Lipinski definition) is 2. The van der Waals surface area contributed by atoms with Crippen LogP contribution in [0, 0.1) is 0 Å². The summed E-state index contributed by atoms with van der Waals surface area (Å²) in [6, 6.07) is 9.02. The zero-order valence-electron chi connectivity index (χ0n) is 13.0. The van der Waals surface area contributed by atoms with Gasteiger partial charge in [0.25, 0.3) is 0 Å². The van der Waals surface area contributed by atoms with Gasteiger partial charge in [-0.2, -0.15) is 0 Å². The molecule has 2 aromatic carbocycles. The van der Waals surface area contributed by atoms with E-state index in [4.69, 9.17) is 0 Å². The number of aryl methyl sites for hydroxylation is 1. The van der Waals surface area contributed by atoms with Gasteiger partial charge in [0.1, 0.15) is 17.2 Å². The van der Waals surface area contributed by atoms with Gasteiger partial charge in [0, 0.05) is 36.1 Å². The molecule has 0 saturated heterocycles. The van der Waals surface area contributed by atoms with Crippen LogP contribution < -0.4 is 4.90 Å². The van der Waals surface area contributed by atoms with E-state index in [-0.39, 0.29) is 5.75 Å². The smallest absolute Gasteiger partial charge is 0.141 e. The molecule has 4 rings (SSSR count). The Morgan fingerprint density at radius 1 is 1.04 bits per heavy atom. The molecule has 2 N–H and O–H groups in total. The summed E-state index contributed by atoms with van der Waals surface area (Å²) in [5.74, 6) is 0.489. The number of phenols is 2. The molecule has 2 aliphatic heterocycles. The Labute approximate surface area is 135 Å². The zero-order valence-corrected chi connectivity index (χ0v) is 13.0. The highest BCUT2D eigenvalue weighted by molar-refractivity contribution is 5.89. The van der Waals surface area contributed by atoms with Gasteiger partial charge in [0.05, 0.1) is 0 Å². The fourth-order valence-electron chi connectivity index (χ4n) is 3.68. The molecule has 2 heterocycles. The van der Waals surface area contributed by atoms with E-state index in [1.165, 1.54) is 11.3 Å². The van der Waals surface area contributed by atoms with Crippen molar-refractivity contribution in [2.75, 3.05) is 18.0 Å². The molecule has 0 atom stereocenters. The molecule has 0 unspecified atom stereocenters. The van der Waals surface area contributed by atoms with Gasteiger partial charge in [-0.15, -0.1) is 0 Å². The Morgan fingerprint density at radius 2 is 1.83 bits per heavy atom. The van der Waals surface area contributed by atoms with E-state index in [0.29, 0.717) is 11.4 Å². The molecule has 0 saturated carbocycles. The number of anilines is 1. The molecule has 0 bridgehead atoms. The SMILES string of the molecule is Oc1ccccc1N=Cc1cc2c3c(c1O)CCCN3CCC2. The largest absolute Gasteiger partial charge is 0.507 e. The lowest BCUT2D eigenvalue weighted by molar-refractivity contribution is 0.461. The average molecular weight is 308 g/mol. The van der Waals surface area contributed by atoms with Crippen LogP contribution in [0.4, 0.5) is 11.4 Å². The summed E-state index contributed by atoms with van der Waals surface area (Å²) in [7, 11) is 0. The number of aliphatic imine (C=N–C) groups is 1. The van der Waals surface area contributed by atoms with Gasteiger partial charge in [-0.3, -0.25) is 4.99 Å². The summed E-state index contributed by atoms with van der Waals surface area (Å²) in [4.78, 5) is 6.75. The van der Waals surface area contributed by atoms with Crippen molar-refractivity contribution >= 4 is 17.6 Å². The second kappa shape index (κ2) is 5.61. The number of aromatic hydroxyl groups is 2. The van der Waals surface area contributed by atoms with E-state index in [0.717, 1.165) is 49.9 Å². The number of para-hydroxylation sites is 2. The van der Waals surface area contributed by atoms with E-state index >= 15 is 0 Å². The van der Waals surface area contributed by atoms with Crippen molar-refractivity contribution in [2.24, 2.45) is 4.99 Å². The lowest BCUT2D eigenvalue weighted by atomic mass is 9.89. The van der Waals surface area contributed by atoms with Crippen molar-refractivity contribution in [3.8, 4) is 11.5 Å². The molecule has 0 aromatic heterocycles. The maximum Gasteiger partial charge on any atom is 0.141 e. The summed E-state index contributed by atoms with van der Waals surface area (Å²) in [6.07, 6.45) is 5.88. The standard InChI is InChI=1S/C19H20N2O2/c22-17-8-2-1-7-16(17)20-12-14-11-13-5-3-9-21-10-4-6-15(18(13)21)19(14)23/h1-2,7-8,11-12,22-23H,3-6,9-10H2. The number of rotatable bonds is 2. The second-order valence-corrected chi connectivity index (χ2v) is 6.24. The van der Waals surface area contributed by atoms with Gasteiger partial charge >= 0.3 is 0 Å². The Balaban J connectivity index is 1.77. The van der Waals surface area contributed by atoms with E-state index in [9.17, 15) is 10.2 Å². The van der Waals surface area contributed by atoms with Gasteiger partial charge in [-0.05, 0) is 49.4 Å². The van der Waals surface area contributed by atoms with E-state index in [1.807, 2.05) is 6.07 Å². The highest BCUT2D eigenvalue weighted by Gasteiger charge is 2.27. The third-order valence-electron chi connectivity index (χ3n) is 4.75. The highest BCUT2D eigenvalue weighted by Crippen LogP contribution is 2.41. The first-order chi connectivity index (χ1) is 11.2. The zero-order chi connectivity index (χ0) is 15.8. The summed E-state index contributed by atoms with van der Waals surface area (Å²) >= 11 is 0. The molecule has 0 fully saturated rings. The van der Waals surface area contributed by atoms with Crippen molar-refractivity contribution in [1.82, 2.24) is 0 Å². The number of hydrogen-bond acceptors (Lipinski definition) is 4. The molecule has 118 valence electrons. The van der Waals surface area contributed by atoms with Crippen LogP contribution >= 0.6 is 0 Å². The maximum absolute atomic E-state index is 10.7. The summed E-state index contributed by atoms with van der Waals surface area (Å²) in [5, 5.41) is 20.5. The fraction of sp³-hybridized carbons (Fsp3) is 0.316. The molecule has 0 amide bonds. The van der Waals surface area contributed by atoms with Crippen LogP contribution in [0.1, 0.15) is 29.5 Å². The van der Waals surface area contributed by atoms with Crippen LogP contribution in [-0.2, 0) is 12.8 Å². The minimum atomic E-state index is 0.147. The molecule has 2 aliphatic rings. The van der Waals surface area contributed by atoms with Crippen LogP contribution in [0.3, 0.4) is 0 Å². The summed E-state index contributed by atoms with van der Waals surface area (Å²) in [6.45, 7) is 2.18. The minimum Gasteiger partial charge on any atom is -0.507 e. The average Bonchev–Trinajstić information content (AvgIpc) is 2.58. The Bertz CT molecular complexity index is 781. The van der Waals surface area contributed by atoms with Crippen LogP contribution in [0.5, 0.6) is 11.5 Å². The maximum atomic E-state index is 10.7. The van der Waals surface area contributed by atoms with Crippen LogP contribution in [0.25, 0.3) is 0 Å². The number of nitrogens with zero attached hydrogens (tertiary/aromatic N) is 2. The Morgan fingerprint density at radius 3 is 2.65 bits per heavy atom. The molecule has 0 spiro atoms. The van der Waals surface area contributed by atoms with Crippen molar-refractivity contribution in [3.05, 3.63) is 47.0 Å². The van der Waals surface area contributed by atoms with Crippen molar-refractivity contribution in [1.29, 1.82) is 0 Å². The topological polar surface area (TPSA) is 56.1 Å². The quantitative estimate of drug-likeness (QED) is 0.834. The van der Waals surface area contributed by atoms with E-state index in [1.54, 1.807) is 24.4 Å². The fourth-order valence-corrected chi connectivity index (χ4v) is 3.68. The third-order valence-corrected chi connectivity index (χ3v) is 4.75. The van der Waals surface area contributed by atoms with Crippen LogP contribution in [0.2, 0.25) is 0 Å². The molecular weight excluding hydrogens is 288 g/mol. The van der Waals surface area contributed by atoms with Crippen molar-refractivity contribution in [3.63, 3.8) is 0 Å². The van der Waals surface area contributed by atoms with Crippen LogP contribution in [0.15, 0.2) is 35.3 Å². The molecule has 23 heavy (non-hydrogen) atoms. The summed E-state index contributed by atoms with van der Waals surface area (Å²) < 4.78 is 0.